The Morgan fingerprint density at radius 3 is 2.44 bits per heavy atom. The quantitative estimate of drug-likeness (QED) is 0.858. The highest BCUT2D eigenvalue weighted by Crippen LogP contribution is 2.35. The third-order valence-corrected chi connectivity index (χ3v) is 3.12. The van der Waals surface area contributed by atoms with Crippen LogP contribution in [-0.4, -0.2) is 14.2 Å². The molecule has 0 unspecified atom stereocenters. The number of hydrogen-bond donors (Lipinski definition) is 1. The van der Waals surface area contributed by atoms with Gasteiger partial charge in [-0.25, -0.2) is 0 Å². The second kappa shape index (κ2) is 5.19. The molecule has 0 aliphatic carbocycles. The first-order valence-corrected chi connectivity index (χ1v) is 5.93. The van der Waals surface area contributed by atoms with Crippen molar-refractivity contribution < 1.29 is 4.74 Å². The predicted molar refractivity (Wildman–Crippen MR) is 76.9 cm³/mol. The number of halogens is 1. The van der Waals surface area contributed by atoms with Gasteiger partial charge in [0.1, 0.15) is 5.75 Å². The summed E-state index contributed by atoms with van der Waals surface area (Å²) in [4.78, 5) is 1.96. The third-order valence-electron chi connectivity index (χ3n) is 2.81. The molecule has 0 atom stereocenters. The molecule has 0 fully saturated rings. The van der Waals surface area contributed by atoms with Gasteiger partial charge in [0.25, 0.3) is 0 Å². The Labute approximate surface area is 112 Å². The molecule has 0 aliphatic rings. The van der Waals surface area contributed by atoms with Crippen molar-refractivity contribution in [1.82, 2.24) is 0 Å². The van der Waals surface area contributed by atoms with Gasteiger partial charge in [-0.2, -0.15) is 0 Å². The van der Waals surface area contributed by atoms with E-state index in [1.807, 2.05) is 48.3 Å². The number of nitrogens with zero attached hydrogens (tertiary/aromatic N) is 1. The van der Waals surface area contributed by atoms with Gasteiger partial charge < -0.3 is 15.4 Å². The van der Waals surface area contributed by atoms with E-state index >= 15 is 0 Å². The maximum atomic E-state index is 6.24. The Balaban J connectivity index is 2.40. The number of anilines is 3. The van der Waals surface area contributed by atoms with Crippen LogP contribution >= 0.6 is 11.6 Å². The average molecular weight is 263 g/mol. The molecule has 18 heavy (non-hydrogen) atoms. The van der Waals surface area contributed by atoms with Gasteiger partial charge in [-0.05, 0) is 24.3 Å². The fourth-order valence-corrected chi connectivity index (χ4v) is 2.11. The molecular weight excluding hydrogens is 248 g/mol. The van der Waals surface area contributed by atoms with E-state index in [4.69, 9.17) is 22.1 Å². The summed E-state index contributed by atoms with van der Waals surface area (Å²) in [5.74, 6) is 0.734. The molecule has 0 aromatic heterocycles. The lowest BCUT2D eigenvalue weighted by molar-refractivity contribution is 0.415. The molecule has 0 saturated heterocycles. The SMILES string of the molecule is COc1ccc(N(C)c2ccccc2N)c(Cl)c1. The average Bonchev–Trinajstić information content (AvgIpc) is 2.38. The highest BCUT2D eigenvalue weighted by atomic mass is 35.5. The molecular formula is C14H15ClN2O. The van der Waals surface area contributed by atoms with Gasteiger partial charge in [-0.15, -0.1) is 0 Å². The Morgan fingerprint density at radius 1 is 1.11 bits per heavy atom. The third kappa shape index (κ3) is 2.36. The van der Waals surface area contributed by atoms with Crippen molar-refractivity contribution in [3.05, 3.63) is 47.5 Å². The number of nitrogen functional groups attached to an aromatic ring is 1. The lowest BCUT2D eigenvalue weighted by atomic mass is 10.2. The number of rotatable bonds is 3. The molecule has 0 aliphatic heterocycles. The van der Waals surface area contributed by atoms with Gasteiger partial charge in [0.15, 0.2) is 0 Å². The van der Waals surface area contributed by atoms with E-state index in [9.17, 15) is 0 Å². The largest absolute Gasteiger partial charge is 0.497 e. The minimum Gasteiger partial charge on any atom is -0.497 e. The fourth-order valence-electron chi connectivity index (χ4n) is 1.81. The number of methoxy groups -OCH3 is 1. The van der Waals surface area contributed by atoms with Crippen LogP contribution < -0.4 is 15.4 Å². The number of ether oxygens (including phenoxy) is 1. The van der Waals surface area contributed by atoms with Gasteiger partial charge in [0, 0.05) is 13.1 Å². The summed E-state index contributed by atoms with van der Waals surface area (Å²) in [7, 11) is 3.55. The van der Waals surface area contributed by atoms with E-state index < -0.39 is 0 Å². The molecule has 3 nitrogen and oxygen atoms in total. The minimum atomic E-state index is 0.625. The molecule has 0 amide bonds. The standard InChI is InChI=1S/C14H15ClN2O/c1-17(14-6-4-3-5-12(14)16)13-8-7-10(18-2)9-11(13)15/h3-9H,16H2,1-2H3. The molecule has 0 heterocycles. The first-order valence-electron chi connectivity index (χ1n) is 5.55. The van der Waals surface area contributed by atoms with Crippen LogP contribution in [0.5, 0.6) is 5.75 Å². The van der Waals surface area contributed by atoms with Crippen molar-refractivity contribution in [1.29, 1.82) is 0 Å². The molecule has 0 radical (unpaired) electrons. The summed E-state index contributed by atoms with van der Waals surface area (Å²) in [5.41, 5.74) is 8.48. The molecule has 0 saturated carbocycles. The monoisotopic (exact) mass is 262 g/mol. The zero-order chi connectivity index (χ0) is 13.1. The number of benzene rings is 2. The van der Waals surface area contributed by atoms with Crippen LogP contribution in [0, 0.1) is 0 Å². The molecule has 2 rings (SSSR count). The predicted octanol–water partition coefficient (Wildman–Crippen LogP) is 3.70. The van der Waals surface area contributed by atoms with Crippen molar-refractivity contribution >= 4 is 28.7 Å². The lowest BCUT2D eigenvalue weighted by Crippen LogP contribution is -2.11. The molecule has 0 spiro atoms. The lowest BCUT2D eigenvalue weighted by Gasteiger charge is -2.22. The first-order chi connectivity index (χ1) is 8.63. The van der Waals surface area contributed by atoms with Crippen LogP contribution in [0.25, 0.3) is 0 Å². The van der Waals surface area contributed by atoms with E-state index in [0.29, 0.717) is 10.7 Å². The smallest absolute Gasteiger partial charge is 0.120 e. The molecule has 4 heteroatoms. The van der Waals surface area contributed by atoms with Gasteiger partial charge in [0.2, 0.25) is 0 Å². The summed E-state index contributed by atoms with van der Waals surface area (Å²) < 4.78 is 5.13. The second-order valence-electron chi connectivity index (χ2n) is 3.94. The van der Waals surface area contributed by atoms with Crippen molar-refractivity contribution in [2.45, 2.75) is 0 Å². The normalized spacial score (nSPS) is 10.2. The molecule has 0 bridgehead atoms. The van der Waals surface area contributed by atoms with Crippen LogP contribution in [0.2, 0.25) is 5.02 Å². The molecule has 2 aromatic carbocycles. The van der Waals surface area contributed by atoms with E-state index in [-0.39, 0.29) is 0 Å². The zero-order valence-corrected chi connectivity index (χ0v) is 11.1. The Morgan fingerprint density at radius 2 is 1.83 bits per heavy atom. The highest BCUT2D eigenvalue weighted by molar-refractivity contribution is 6.33. The highest BCUT2D eigenvalue weighted by Gasteiger charge is 2.11. The molecule has 2 aromatic rings. The van der Waals surface area contributed by atoms with E-state index in [0.717, 1.165) is 17.1 Å². The summed E-state index contributed by atoms with van der Waals surface area (Å²) >= 11 is 6.24. The first kappa shape index (κ1) is 12.6. The maximum Gasteiger partial charge on any atom is 0.120 e. The Bertz CT molecular complexity index is 557. The van der Waals surface area contributed by atoms with Crippen molar-refractivity contribution in [2.75, 3.05) is 24.8 Å². The summed E-state index contributed by atoms with van der Waals surface area (Å²) in [6.45, 7) is 0. The zero-order valence-electron chi connectivity index (χ0n) is 10.4. The molecule has 2 N–H and O–H groups in total. The molecule has 94 valence electrons. The number of para-hydroxylation sites is 2. The minimum absolute atomic E-state index is 0.625. The van der Waals surface area contributed by atoms with E-state index in [1.165, 1.54) is 0 Å². The maximum absolute atomic E-state index is 6.24. The van der Waals surface area contributed by atoms with Crippen molar-refractivity contribution in [3.8, 4) is 5.75 Å². The van der Waals surface area contributed by atoms with Crippen LogP contribution in [0.4, 0.5) is 17.1 Å². The van der Waals surface area contributed by atoms with Crippen LogP contribution in [0.1, 0.15) is 0 Å². The van der Waals surface area contributed by atoms with Gasteiger partial charge in [-0.1, -0.05) is 23.7 Å². The van der Waals surface area contributed by atoms with Crippen LogP contribution in [0.15, 0.2) is 42.5 Å². The number of nitrogens with two attached hydrogens (primary N) is 1. The van der Waals surface area contributed by atoms with Crippen LogP contribution in [-0.2, 0) is 0 Å². The summed E-state index contributed by atoms with van der Waals surface area (Å²) in [6.07, 6.45) is 0. The van der Waals surface area contributed by atoms with Gasteiger partial charge in [-0.3, -0.25) is 0 Å². The summed E-state index contributed by atoms with van der Waals surface area (Å²) in [5, 5.41) is 0.625. The second-order valence-corrected chi connectivity index (χ2v) is 4.34. The van der Waals surface area contributed by atoms with Crippen molar-refractivity contribution in [2.24, 2.45) is 0 Å². The summed E-state index contributed by atoms with van der Waals surface area (Å²) in [6, 6.07) is 13.2. The van der Waals surface area contributed by atoms with Gasteiger partial charge in [0.05, 0.1) is 29.2 Å². The van der Waals surface area contributed by atoms with E-state index in [1.54, 1.807) is 13.2 Å². The fraction of sp³-hybridized carbons (Fsp3) is 0.143. The number of hydrogen-bond acceptors (Lipinski definition) is 3. The topological polar surface area (TPSA) is 38.5 Å². The van der Waals surface area contributed by atoms with Gasteiger partial charge >= 0.3 is 0 Å². The Kier molecular flexibility index (Phi) is 3.63. The van der Waals surface area contributed by atoms with E-state index in [2.05, 4.69) is 0 Å². The van der Waals surface area contributed by atoms with Crippen molar-refractivity contribution in [3.63, 3.8) is 0 Å². The van der Waals surface area contributed by atoms with Crippen LogP contribution in [0.3, 0.4) is 0 Å². The Hall–Kier alpha value is -1.87.